The van der Waals surface area contributed by atoms with Crippen LogP contribution in [0.25, 0.3) is 0 Å². The van der Waals surface area contributed by atoms with Gasteiger partial charge in [-0.05, 0) is 54.3 Å². The van der Waals surface area contributed by atoms with Gasteiger partial charge in [0.1, 0.15) is 6.54 Å². The third-order valence-electron chi connectivity index (χ3n) is 4.44. The molecule has 7 heteroatoms. The van der Waals surface area contributed by atoms with E-state index in [1.807, 2.05) is 49.4 Å². The number of rotatable bonds is 8. The van der Waals surface area contributed by atoms with Crippen LogP contribution in [0.3, 0.4) is 0 Å². The van der Waals surface area contributed by atoms with Crippen molar-refractivity contribution in [3.05, 3.63) is 82.6 Å². The smallest absolute Gasteiger partial charge is 0.246 e. The molecule has 0 aliphatic carbocycles. The number of halogens is 1. The summed E-state index contributed by atoms with van der Waals surface area (Å²) in [5.74, 6) is -0.193. The molecule has 1 heterocycles. The van der Waals surface area contributed by atoms with Crippen LogP contribution in [0.2, 0.25) is 5.02 Å². The number of hydrogen-bond donors (Lipinski definition) is 2. The van der Waals surface area contributed by atoms with Crippen molar-refractivity contribution < 1.29 is 9.59 Å². The number of benzene rings is 2. The minimum atomic E-state index is -0.161. The Bertz CT molecular complexity index is 986. The second kappa shape index (κ2) is 9.89. The van der Waals surface area contributed by atoms with Crippen LogP contribution in [0.15, 0.2) is 60.9 Å². The first-order valence-electron chi connectivity index (χ1n) is 9.37. The zero-order chi connectivity index (χ0) is 20.6. The van der Waals surface area contributed by atoms with E-state index in [0.29, 0.717) is 30.1 Å². The predicted molar refractivity (Wildman–Crippen MR) is 114 cm³/mol. The molecule has 3 aromatic rings. The molecule has 2 N–H and O–H groups in total. The summed E-state index contributed by atoms with van der Waals surface area (Å²) in [6.07, 6.45) is 4.38. The number of amides is 2. The molecule has 0 fully saturated rings. The largest absolute Gasteiger partial charge is 0.352 e. The van der Waals surface area contributed by atoms with E-state index < -0.39 is 0 Å². The van der Waals surface area contributed by atoms with Crippen molar-refractivity contribution in [2.45, 2.75) is 32.9 Å². The van der Waals surface area contributed by atoms with E-state index in [0.717, 1.165) is 16.7 Å². The maximum absolute atomic E-state index is 12.2. The van der Waals surface area contributed by atoms with Gasteiger partial charge in [0.2, 0.25) is 11.8 Å². The van der Waals surface area contributed by atoms with Gasteiger partial charge in [-0.25, -0.2) is 0 Å². The van der Waals surface area contributed by atoms with Crippen molar-refractivity contribution >= 4 is 29.1 Å². The van der Waals surface area contributed by atoms with E-state index >= 15 is 0 Å². The van der Waals surface area contributed by atoms with Crippen LogP contribution in [-0.2, 0) is 29.1 Å². The SMILES string of the molecule is Cc1ccc(CCC(=O)NCc2cccc(NC(=O)Cn3cccn3)c2)cc1Cl. The van der Waals surface area contributed by atoms with Crippen LogP contribution >= 0.6 is 11.6 Å². The van der Waals surface area contributed by atoms with Crippen molar-refractivity contribution in [2.24, 2.45) is 0 Å². The minimum absolute atomic E-state index is 0.0326. The molecule has 2 amide bonds. The Morgan fingerprint density at radius 2 is 1.93 bits per heavy atom. The fourth-order valence-electron chi connectivity index (χ4n) is 2.84. The molecular formula is C22H23ClN4O2. The quantitative estimate of drug-likeness (QED) is 0.594. The van der Waals surface area contributed by atoms with Gasteiger partial charge >= 0.3 is 0 Å². The van der Waals surface area contributed by atoms with Gasteiger partial charge in [-0.15, -0.1) is 0 Å². The molecule has 150 valence electrons. The summed E-state index contributed by atoms with van der Waals surface area (Å²) in [6, 6.07) is 15.0. The van der Waals surface area contributed by atoms with E-state index in [-0.39, 0.29) is 18.4 Å². The van der Waals surface area contributed by atoms with E-state index in [4.69, 9.17) is 11.6 Å². The Kier molecular flexibility index (Phi) is 7.03. The van der Waals surface area contributed by atoms with Crippen molar-refractivity contribution in [1.82, 2.24) is 15.1 Å². The van der Waals surface area contributed by atoms with Crippen LogP contribution in [0.5, 0.6) is 0 Å². The standard InChI is InChI=1S/C22H23ClN4O2/c1-16-6-7-17(13-20(16)23)8-9-21(28)24-14-18-4-2-5-19(12-18)26-22(29)15-27-11-3-10-25-27/h2-7,10-13H,8-9,14-15H2,1H3,(H,24,28)(H,26,29). The van der Waals surface area contributed by atoms with Gasteiger partial charge < -0.3 is 10.6 Å². The van der Waals surface area contributed by atoms with Gasteiger partial charge in [0.05, 0.1) is 0 Å². The monoisotopic (exact) mass is 410 g/mol. The molecular weight excluding hydrogens is 388 g/mol. The second-order valence-electron chi connectivity index (χ2n) is 6.81. The lowest BCUT2D eigenvalue weighted by Gasteiger charge is -2.09. The molecule has 3 rings (SSSR count). The summed E-state index contributed by atoms with van der Waals surface area (Å²) in [6.45, 7) is 2.50. The molecule has 6 nitrogen and oxygen atoms in total. The fraction of sp³-hybridized carbons (Fsp3) is 0.227. The highest BCUT2D eigenvalue weighted by atomic mass is 35.5. The zero-order valence-electron chi connectivity index (χ0n) is 16.2. The number of aryl methyl sites for hydroxylation is 2. The number of nitrogens with zero attached hydrogens (tertiary/aromatic N) is 2. The maximum Gasteiger partial charge on any atom is 0.246 e. The molecule has 0 spiro atoms. The Balaban J connectivity index is 1.46. The number of aromatic nitrogens is 2. The number of carbonyl (C=O) groups excluding carboxylic acids is 2. The molecule has 29 heavy (non-hydrogen) atoms. The Morgan fingerprint density at radius 1 is 1.07 bits per heavy atom. The number of anilines is 1. The highest BCUT2D eigenvalue weighted by molar-refractivity contribution is 6.31. The van der Waals surface area contributed by atoms with Crippen molar-refractivity contribution in [3.63, 3.8) is 0 Å². The topological polar surface area (TPSA) is 76.0 Å². The lowest BCUT2D eigenvalue weighted by atomic mass is 10.1. The van der Waals surface area contributed by atoms with Crippen LogP contribution in [-0.4, -0.2) is 21.6 Å². The number of nitrogens with one attached hydrogen (secondary N) is 2. The molecule has 0 saturated carbocycles. The van der Waals surface area contributed by atoms with E-state index in [2.05, 4.69) is 15.7 Å². The third-order valence-corrected chi connectivity index (χ3v) is 4.85. The summed E-state index contributed by atoms with van der Waals surface area (Å²) in [5.41, 5.74) is 3.66. The van der Waals surface area contributed by atoms with Crippen LogP contribution in [0, 0.1) is 6.92 Å². The third kappa shape index (κ3) is 6.47. The zero-order valence-corrected chi connectivity index (χ0v) is 16.9. The Hall–Kier alpha value is -3.12. The summed E-state index contributed by atoms with van der Waals surface area (Å²) >= 11 is 6.13. The second-order valence-corrected chi connectivity index (χ2v) is 7.22. The van der Waals surface area contributed by atoms with E-state index in [1.165, 1.54) is 0 Å². The minimum Gasteiger partial charge on any atom is -0.352 e. The number of hydrogen-bond acceptors (Lipinski definition) is 3. The molecule has 0 bridgehead atoms. The van der Waals surface area contributed by atoms with E-state index in [1.54, 1.807) is 23.1 Å². The van der Waals surface area contributed by atoms with Crippen LogP contribution < -0.4 is 10.6 Å². The lowest BCUT2D eigenvalue weighted by Crippen LogP contribution is -2.23. The molecule has 2 aromatic carbocycles. The Morgan fingerprint density at radius 3 is 2.69 bits per heavy atom. The molecule has 0 atom stereocenters. The molecule has 0 radical (unpaired) electrons. The summed E-state index contributed by atoms with van der Waals surface area (Å²) in [4.78, 5) is 24.2. The predicted octanol–water partition coefficient (Wildman–Crippen LogP) is 3.73. The van der Waals surface area contributed by atoms with Gasteiger partial charge in [0, 0.05) is 36.1 Å². The highest BCUT2D eigenvalue weighted by Gasteiger charge is 2.06. The van der Waals surface area contributed by atoms with E-state index in [9.17, 15) is 9.59 Å². The normalized spacial score (nSPS) is 10.6. The van der Waals surface area contributed by atoms with Gasteiger partial charge in [-0.2, -0.15) is 5.10 Å². The molecule has 0 unspecified atom stereocenters. The van der Waals surface area contributed by atoms with Crippen molar-refractivity contribution in [2.75, 3.05) is 5.32 Å². The molecule has 1 aromatic heterocycles. The Labute approximate surface area is 174 Å². The van der Waals surface area contributed by atoms with Gasteiger partial charge in [-0.3, -0.25) is 14.3 Å². The summed E-state index contributed by atoms with van der Waals surface area (Å²) in [5, 5.41) is 10.5. The first-order valence-corrected chi connectivity index (χ1v) is 9.75. The fourth-order valence-corrected chi connectivity index (χ4v) is 3.04. The molecule has 0 aliphatic heterocycles. The first-order chi connectivity index (χ1) is 14.0. The van der Waals surface area contributed by atoms with Crippen LogP contribution in [0.4, 0.5) is 5.69 Å². The lowest BCUT2D eigenvalue weighted by molar-refractivity contribution is -0.121. The van der Waals surface area contributed by atoms with Crippen molar-refractivity contribution in [3.8, 4) is 0 Å². The molecule has 0 aliphatic rings. The summed E-state index contributed by atoms with van der Waals surface area (Å²) in [7, 11) is 0. The highest BCUT2D eigenvalue weighted by Crippen LogP contribution is 2.17. The first kappa shape index (κ1) is 20.6. The maximum atomic E-state index is 12.2. The summed E-state index contributed by atoms with van der Waals surface area (Å²) < 4.78 is 1.56. The van der Waals surface area contributed by atoms with Gasteiger partial charge in [-0.1, -0.05) is 35.9 Å². The molecule has 0 saturated heterocycles. The van der Waals surface area contributed by atoms with Crippen molar-refractivity contribution in [1.29, 1.82) is 0 Å². The number of carbonyl (C=O) groups is 2. The van der Waals surface area contributed by atoms with Crippen LogP contribution in [0.1, 0.15) is 23.1 Å². The average molecular weight is 411 g/mol. The van der Waals surface area contributed by atoms with Gasteiger partial charge in [0.25, 0.3) is 0 Å². The van der Waals surface area contributed by atoms with Gasteiger partial charge in [0.15, 0.2) is 0 Å². The average Bonchev–Trinajstić information content (AvgIpc) is 3.20.